The van der Waals surface area contributed by atoms with Crippen molar-refractivity contribution in [3.8, 4) is 6.07 Å². The van der Waals surface area contributed by atoms with E-state index < -0.39 is 5.91 Å². The van der Waals surface area contributed by atoms with Crippen molar-refractivity contribution < 1.29 is 9.18 Å². The van der Waals surface area contributed by atoms with Gasteiger partial charge in [-0.25, -0.2) is 4.39 Å². The number of nitrogens with one attached hydrogen (secondary N) is 1. The number of amides is 1. The van der Waals surface area contributed by atoms with Crippen LogP contribution in [0, 0.1) is 17.1 Å². The summed E-state index contributed by atoms with van der Waals surface area (Å²) in [5.74, 6) is -0.517. The van der Waals surface area contributed by atoms with Gasteiger partial charge in [0.15, 0.2) is 0 Å². The molecule has 1 amide bonds. The van der Waals surface area contributed by atoms with Crippen molar-refractivity contribution in [2.45, 2.75) is 38.6 Å². The molecule has 0 bridgehead atoms. The summed E-state index contributed by atoms with van der Waals surface area (Å²) < 4.78 is 13.0. The van der Waals surface area contributed by atoms with Gasteiger partial charge in [0.2, 0.25) is 0 Å². The number of hydrogen-bond donors (Lipinski definition) is 1. The van der Waals surface area contributed by atoms with E-state index in [9.17, 15) is 14.4 Å². The number of rotatable bonds is 3. The van der Waals surface area contributed by atoms with Gasteiger partial charge in [0.1, 0.15) is 17.5 Å². The summed E-state index contributed by atoms with van der Waals surface area (Å²) >= 11 is 0. The minimum Gasteiger partial charge on any atom is -0.369 e. The van der Waals surface area contributed by atoms with Crippen molar-refractivity contribution in [1.82, 2.24) is 0 Å². The zero-order chi connectivity index (χ0) is 20.5. The van der Waals surface area contributed by atoms with E-state index in [0.717, 1.165) is 12.0 Å². The number of nitrogens with zero attached hydrogens (tertiary/aromatic N) is 2. The third kappa shape index (κ3) is 3.91. The number of hydrogen-bond acceptors (Lipinski definition) is 3. The van der Waals surface area contributed by atoms with Gasteiger partial charge in [0, 0.05) is 24.0 Å². The quantitative estimate of drug-likeness (QED) is 0.598. The Balaban J connectivity index is 1.87. The van der Waals surface area contributed by atoms with Crippen molar-refractivity contribution in [1.29, 1.82) is 5.26 Å². The first-order valence-corrected chi connectivity index (χ1v) is 9.28. The Morgan fingerprint density at radius 2 is 1.96 bits per heavy atom. The van der Waals surface area contributed by atoms with Crippen LogP contribution in [0.15, 0.2) is 48.0 Å². The van der Waals surface area contributed by atoms with Gasteiger partial charge in [-0.05, 0) is 79.8 Å². The predicted molar refractivity (Wildman–Crippen MR) is 111 cm³/mol. The highest BCUT2D eigenvalue weighted by Crippen LogP contribution is 2.42. The predicted octanol–water partition coefficient (Wildman–Crippen LogP) is 5.09. The molecule has 1 atom stereocenters. The second-order valence-corrected chi connectivity index (χ2v) is 7.93. The van der Waals surface area contributed by atoms with Gasteiger partial charge in [-0.2, -0.15) is 5.26 Å². The lowest BCUT2D eigenvalue weighted by Gasteiger charge is -2.45. The zero-order valence-corrected chi connectivity index (χ0v) is 16.6. The first kappa shape index (κ1) is 19.6. The van der Waals surface area contributed by atoms with Crippen LogP contribution >= 0.6 is 0 Å². The molecule has 2 aromatic carbocycles. The van der Waals surface area contributed by atoms with Crippen LogP contribution in [0.2, 0.25) is 0 Å². The maximum atomic E-state index is 13.0. The molecule has 0 unspecified atom stereocenters. The second-order valence-electron chi connectivity index (χ2n) is 7.93. The van der Waals surface area contributed by atoms with Gasteiger partial charge < -0.3 is 10.2 Å². The van der Waals surface area contributed by atoms with E-state index in [4.69, 9.17) is 0 Å². The van der Waals surface area contributed by atoms with Gasteiger partial charge in [-0.1, -0.05) is 13.0 Å². The first-order chi connectivity index (χ1) is 13.2. The van der Waals surface area contributed by atoms with E-state index in [-0.39, 0.29) is 16.9 Å². The SMILES string of the molecule is C[C@H]1CC(C)(C)N(C)c2ccc(/C=C(/C#N)C(=O)Nc3ccc(F)cc3)cc21. The molecule has 28 heavy (non-hydrogen) atoms. The van der Waals surface area contributed by atoms with Crippen LogP contribution in [0.5, 0.6) is 0 Å². The van der Waals surface area contributed by atoms with Crippen LogP contribution in [0.25, 0.3) is 6.08 Å². The normalized spacial score (nSPS) is 18.2. The van der Waals surface area contributed by atoms with E-state index in [0.29, 0.717) is 11.6 Å². The molecule has 4 nitrogen and oxygen atoms in total. The van der Waals surface area contributed by atoms with Crippen molar-refractivity contribution in [3.05, 3.63) is 65.0 Å². The second kappa shape index (κ2) is 7.47. The van der Waals surface area contributed by atoms with Crippen LogP contribution in [-0.4, -0.2) is 18.5 Å². The Morgan fingerprint density at radius 3 is 2.61 bits per heavy atom. The minimum atomic E-state index is -0.516. The van der Waals surface area contributed by atoms with E-state index in [1.54, 1.807) is 6.08 Å². The monoisotopic (exact) mass is 377 g/mol. The standard InChI is InChI=1S/C23H24FN3O/c1-15-13-23(2,3)27(4)21-10-5-16(12-20(15)21)11-17(14-25)22(28)26-19-8-6-18(24)7-9-19/h5-12,15H,13H2,1-4H3,(H,26,28)/b17-11-/t15-/m0/s1. The van der Waals surface area contributed by atoms with E-state index >= 15 is 0 Å². The fraction of sp³-hybridized carbons (Fsp3) is 0.304. The molecule has 0 fully saturated rings. The highest BCUT2D eigenvalue weighted by molar-refractivity contribution is 6.09. The molecule has 3 rings (SSSR count). The van der Waals surface area contributed by atoms with Crippen LogP contribution in [0.3, 0.4) is 0 Å². The number of carbonyl (C=O) groups is 1. The maximum absolute atomic E-state index is 13.0. The molecule has 5 heteroatoms. The van der Waals surface area contributed by atoms with Gasteiger partial charge in [0.05, 0.1) is 0 Å². The fourth-order valence-electron chi connectivity index (χ4n) is 3.73. The number of anilines is 2. The highest BCUT2D eigenvalue weighted by atomic mass is 19.1. The van der Waals surface area contributed by atoms with Gasteiger partial charge in [-0.3, -0.25) is 4.79 Å². The summed E-state index contributed by atoms with van der Waals surface area (Å²) in [6, 6.07) is 13.4. The molecule has 0 radical (unpaired) electrons. The van der Waals surface area contributed by atoms with Crippen molar-refractivity contribution in [2.24, 2.45) is 0 Å². The first-order valence-electron chi connectivity index (χ1n) is 9.28. The third-order valence-corrected chi connectivity index (χ3v) is 5.44. The minimum absolute atomic E-state index is 0.00132. The Kier molecular flexibility index (Phi) is 5.24. The lowest BCUT2D eigenvalue weighted by atomic mass is 9.80. The molecule has 0 saturated carbocycles. The fourth-order valence-corrected chi connectivity index (χ4v) is 3.73. The van der Waals surface area contributed by atoms with Crippen molar-refractivity contribution in [3.63, 3.8) is 0 Å². The topological polar surface area (TPSA) is 56.1 Å². The average Bonchev–Trinajstić information content (AvgIpc) is 2.65. The maximum Gasteiger partial charge on any atom is 0.266 e. The molecule has 0 saturated heterocycles. The van der Waals surface area contributed by atoms with Crippen molar-refractivity contribution >= 4 is 23.4 Å². The van der Waals surface area contributed by atoms with Crippen LogP contribution in [-0.2, 0) is 4.79 Å². The summed E-state index contributed by atoms with van der Waals surface area (Å²) in [5, 5.41) is 12.1. The van der Waals surface area contributed by atoms with Gasteiger partial charge in [0.25, 0.3) is 5.91 Å². The summed E-state index contributed by atoms with van der Waals surface area (Å²) in [6.45, 7) is 6.66. The number of carbonyl (C=O) groups excluding carboxylic acids is 1. The summed E-state index contributed by atoms with van der Waals surface area (Å²) in [5.41, 5.74) is 3.72. The molecule has 0 spiro atoms. The molecule has 144 valence electrons. The molecule has 0 aromatic heterocycles. The van der Waals surface area contributed by atoms with Gasteiger partial charge >= 0.3 is 0 Å². The van der Waals surface area contributed by atoms with E-state index in [2.05, 4.69) is 38.0 Å². The number of halogens is 1. The molecule has 1 aliphatic rings. The van der Waals surface area contributed by atoms with Gasteiger partial charge in [-0.15, -0.1) is 0 Å². The molecule has 1 N–H and O–H groups in total. The van der Waals surface area contributed by atoms with E-state index in [1.807, 2.05) is 24.3 Å². The Labute approximate surface area is 165 Å². The smallest absolute Gasteiger partial charge is 0.266 e. The summed E-state index contributed by atoms with van der Waals surface area (Å²) in [6.07, 6.45) is 2.62. The number of nitriles is 1. The Hall–Kier alpha value is -3.13. The largest absolute Gasteiger partial charge is 0.369 e. The Bertz CT molecular complexity index is 970. The Morgan fingerprint density at radius 1 is 1.29 bits per heavy atom. The molecule has 1 heterocycles. The molecule has 2 aromatic rings. The number of benzene rings is 2. The molecule has 0 aliphatic carbocycles. The van der Waals surface area contributed by atoms with Crippen LogP contribution in [0.4, 0.5) is 15.8 Å². The van der Waals surface area contributed by atoms with Crippen molar-refractivity contribution in [2.75, 3.05) is 17.3 Å². The highest BCUT2D eigenvalue weighted by Gasteiger charge is 2.33. The van der Waals surface area contributed by atoms with E-state index in [1.165, 1.54) is 35.5 Å². The molecular formula is C23H24FN3O. The third-order valence-electron chi connectivity index (χ3n) is 5.44. The molecular weight excluding hydrogens is 353 g/mol. The molecule has 1 aliphatic heterocycles. The van der Waals surface area contributed by atoms with Crippen LogP contribution < -0.4 is 10.2 Å². The zero-order valence-electron chi connectivity index (χ0n) is 16.6. The summed E-state index contributed by atoms with van der Waals surface area (Å²) in [4.78, 5) is 14.7. The lowest BCUT2D eigenvalue weighted by Crippen LogP contribution is -2.45. The summed E-state index contributed by atoms with van der Waals surface area (Å²) in [7, 11) is 2.09. The van der Waals surface area contributed by atoms with Crippen LogP contribution in [0.1, 0.15) is 44.2 Å². The average molecular weight is 377 g/mol. The lowest BCUT2D eigenvalue weighted by molar-refractivity contribution is -0.112. The number of fused-ring (bicyclic) bond motifs is 1.